The molecule has 1 fully saturated rings. The molecule has 2 heterocycles. The van der Waals surface area contributed by atoms with Crippen LogP contribution < -0.4 is 20.1 Å². The summed E-state index contributed by atoms with van der Waals surface area (Å²) in [6.45, 7) is 2.36. The number of carbonyl (C=O) groups excluding carboxylic acids is 1. The Hall–Kier alpha value is -3.73. The number of nitriles is 1. The monoisotopic (exact) mass is 684 g/mol. The van der Waals surface area contributed by atoms with Crippen molar-refractivity contribution in [2.75, 3.05) is 23.0 Å². The number of nitrogens with one attached hydrogen (secondary N) is 2. The molecule has 1 saturated heterocycles. The summed E-state index contributed by atoms with van der Waals surface area (Å²) in [6, 6.07) is 16.9. The number of nitrogens with zero attached hydrogens (tertiary/aromatic N) is 2. The van der Waals surface area contributed by atoms with E-state index in [1.54, 1.807) is 42.5 Å². The molecule has 1 aromatic heterocycles. The summed E-state index contributed by atoms with van der Waals surface area (Å²) in [5.41, 5.74) is 3.05. The molecule has 9 nitrogen and oxygen atoms in total. The molecule has 0 spiro atoms. The summed E-state index contributed by atoms with van der Waals surface area (Å²) >= 11 is 6.52. The van der Waals surface area contributed by atoms with Gasteiger partial charge in [-0.05, 0) is 78.9 Å². The molecule has 0 aliphatic carbocycles. The number of unbranched alkanes of at least 4 members (excludes halogenated alkanes) is 1. The van der Waals surface area contributed by atoms with Crippen LogP contribution in [0.3, 0.4) is 0 Å². The lowest BCUT2D eigenvalue weighted by atomic mass is 10.1. The lowest BCUT2D eigenvalue weighted by Gasteiger charge is -2.24. The molecule has 0 saturated carbocycles. The largest absolute Gasteiger partial charge is 0.492 e. The summed E-state index contributed by atoms with van der Waals surface area (Å²) in [7, 11) is -1.23. The molecule has 46 heavy (non-hydrogen) atoms. The smallest absolute Gasteiger partial charge is 0.224 e. The van der Waals surface area contributed by atoms with E-state index in [9.17, 15) is 23.6 Å². The zero-order valence-corrected chi connectivity index (χ0v) is 27.5. The quantitative estimate of drug-likeness (QED) is 0.0802. The molecule has 3 aromatic carbocycles. The summed E-state index contributed by atoms with van der Waals surface area (Å²) in [5.74, 6) is 0.792. The summed E-state index contributed by atoms with van der Waals surface area (Å²) in [4.78, 5) is 17.4. The number of anilines is 3. The molecule has 0 radical (unpaired) electrons. The van der Waals surface area contributed by atoms with Crippen molar-refractivity contribution < 1.29 is 27.8 Å². The van der Waals surface area contributed by atoms with E-state index in [0.29, 0.717) is 75.3 Å². The molecule has 4 aromatic rings. The number of pyridine rings is 1. The van der Waals surface area contributed by atoms with Crippen molar-refractivity contribution in [2.24, 2.45) is 0 Å². The minimum absolute atomic E-state index is 0.142. The Morgan fingerprint density at radius 2 is 2.02 bits per heavy atom. The number of hydrogen-bond donors (Lipinski definition) is 4. The fourth-order valence-electron chi connectivity index (χ4n) is 5.10. The van der Waals surface area contributed by atoms with Gasteiger partial charge in [0.1, 0.15) is 30.0 Å². The van der Waals surface area contributed by atoms with E-state index in [4.69, 9.17) is 21.1 Å². The Morgan fingerprint density at radius 1 is 1.17 bits per heavy atom. The topological polar surface area (TPSA) is 137 Å². The molecular weight excluding hydrogens is 651 g/mol. The van der Waals surface area contributed by atoms with Crippen molar-refractivity contribution in [3.63, 3.8) is 0 Å². The molecular formula is C33H34ClFN4O5S2. The second-order valence-corrected chi connectivity index (χ2v) is 15.8. The van der Waals surface area contributed by atoms with Crippen LogP contribution in [0.25, 0.3) is 10.9 Å². The van der Waals surface area contributed by atoms with Gasteiger partial charge in [-0.3, -0.25) is 18.9 Å². The molecule has 5 rings (SSSR count). The molecule has 1 aliphatic heterocycles. The highest BCUT2D eigenvalue weighted by molar-refractivity contribution is 8.90. The zero-order valence-electron chi connectivity index (χ0n) is 25.1. The molecule has 1 aliphatic rings. The molecule has 1 unspecified atom stereocenters. The van der Waals surface area contributed by atoms with E-state index < -0.39 is 9.62 Å². The van der Waals surface area contributed by atoms with Crippen LogP contribution in [0.4, 0.5) is 21.5 Å². The third kappa shape index (κ3) is 8.74. The van der Waals surface area contributed by atoms with Gasteiger partial charge >= 0.3 is 0 Å². The molecule has 0 bridgehead atoms. The number of benzene rings is 3. The van der Waals surface area contributed by atoms with Crippen LogP contribution >= 0.6 is 32.0 Å². The number of carbonyl (C=O) groups is 1. The van der Waals surface area contributed by atoms with Gasteiger partial charge in [-0.25, -0.2) is 4.39 Å². The Kier molecular flexibility index (Phi) is 11.1. The Balaban J connectivity index is 1.31. The fourth-order valence-corrected chi connectivity index (χ4v) is 9.55. The second-order valence-electron chi connectivity index (χ2n) is 10.8. The van der Waals surface area contributed by atoms with Crippen molar-refractivity contribution in [3.8, 4) is 17.6 Å². The molecule has 1 amide bonds. The van der Waals surface area contributed by atoms with Gasteiger partial charge < -0.3 is 20.1 Å². The second kappa shape index (κ2) is 15.2. The predicted octanol–water partition coefficient (Wildman–Crippen LogP) is 9.29. The highest BCUT2D eigenvalue weighted by Gasteiger charge is 2.29. The van der Waals surface area contributed by atoms with Crippen molar-refractivity contribution in [1.29, 1.82) is 5.26 Å². The van der Waals surface area contributed by atoms with Crippen LogP contribution in [0.15, 0.2) is 60.8 Å². The van der Waals surface area contributed by atoms with Gasteiger partial charge in [0.15, 0.2) is 0 Å². The SMILES string of the molecule is CCOc1cc2ncc(C#N)c(Nc3ccc(OCc4cccc(F)c4)c(Cl)c3)c2cc1NC(=O)CCCCC1CCS(O)(O)S1. The molecule has 4 N–H and O–H groups in total. The number of hydrogen-bond acceptors (Lipinski definition) is 9. The van der Waals surface area contributed by atoms with Gasteiger partial charge in [0.05, 0.1) is 34.1 Å². The van der Waals surface area contributed by atoms with Crippen LogP contribution in [0.5, 0.6) is 11.5 Å². The number of halogens is 2. The van der Waals surface area contributed by atoms with E-state index in [1.807, 2.05) is 6.92 Å². The van der Waals surface area contributed by atoms with Gasteiger partial charge in [0.2, 0.25) is 5.91 Å². The third-order valence-electron chi connectivity index (χ3n) is 7.32. The Labute approximate surface area is 277 Å². The van der Waals surface area contributed by atoms with Gasteiger partial charge in [-0.15, -0.1) is 9.62 Å². The Bertz CT molecular complexity index is 1770. The van der Waals surface area contributed by atoms with Gasteiger partial charge in [0, 0.05) is 40.8 Å². The first-order valence-electron chi connectivity index (χ1n) is 14.8. The lowest BCUT2D eigenvalue weighted by molar-refractivity contribution is -0.116. The highest BCUT2D eigenvalue weighted by Crippen LogP contribution is 2.62. The van der Waals surface area contributed by atoms with E-state index in [-0.39, 0.29) is 29.1 Å². The fraction of sp³-hybridized carbons (Fsp3) is 0.303. The molecule has 242 valence electrons. The van der Waals surface area contributed by atoms with Crippen molar-refractivity contribution >= 4 is 65.9 Å². The first-order chi connectivity index (χ1) is 22.1. The van der Waals surface area contributed by atoms with Crippen LogP contribution in [0, 0.1) is 17.1 Å². The average Bonchev–Trinajstić information content (AvgIpc) is 3.37. The number of rotatable bonds is 13. The minimum atomic E-state index is -2.49. The highest BCUT2D eigenvalue weighted by atomic mass is 35.5. The molecule has 13 heteroatoms. The summed E-state index contributed by atoms with van der Waals surface area (Å²) in [5, 5.41) is 17.3. The van der Waals surface area contributed by atoms with Crippen LogP contribution in [0.1, 0.15) is 50.2 Å². The first kappa shape index (κ1) is 33.6. The summed E-state index contributed by atoms with van der Waals surface area (Å²) < 4.78 is 44.8. The van der Waals surface area contributed by atoms with E-state index in [2.05, 4.69) is 21.7 Å². The van der Waals surface area contributed by atoms with E-state index in [1.165, 1.54) is 29.1 Å². The van der Waals surface area contributed by atoms with Crippen LogP contribution in [-0.2, 0) is 11.4 Å². The Morgan fingerprint density at radius 3 is 2.74 bits per heavy atom. The third-order valence-corrected chi connectivity index (χ3v) is 11.7. The van der Waals surface area contributed by atoms with E-state index >= 15 is 0 Å². The standard InChI is InChI=1S/C33H34ClFN4O5S2/c1-2-43-31-17-28-26(16-29(31)39-32(40)9-4-3-8-25-12-13-46(41,42)45-25)33(22(18-36)19-37-28)38-24-10-11-30(27(34)15-24)44-20-21-6-5-7-23(35)14-21/h5-7,10-11,14-17,19,25,41-42H,2-4,8-9,12-13,20H2,1H3,(H,37,38)(H,39,40). The number of fused-ring (bicyclic) bond motifs is 1. The minimum Gasteiger partial charge on any atom is -0.492 e. The van der Waals surface area contributed by atoms with Crippen molar-refractivity contribution in [2.45, 2.75) is 50.9 Å². The van der Waals surface area contributed by atoms with Crippen molar-refractivity contribution in [1.82, 2.24) is 4.98 Å². The summed E-state index contributed by atoms with van der Waals surface area (Å²) in [6.07, 6.45) is 4.84. The predicted molar refractivity (Wildman–Crippen MR) is 184 cm³/mol. The lowest BCUT2D eigenvalue weighted by Crippen LogP contribution is -2.13. The molecule has 1 atom stereocenters. The van der Waals surface area contributed by atoms with Gasteiger partial charge in [-0.1, -0.05) is 30.2 Å². The number of amides is 1. The van der Waals surface area contributed by atoms with Crippen molar-refractivity contribution in [3.05, 3.63) is 82.8 Å². The maximum Gasteiger partial charge on any atom is 0.224 e. The van der Waals surface area contributed by atoms with Crippen LogP contribution in [-0.4, -0.2) is 37.6 Å². The normalized spacial score (nSPS) is 16.0. The van der Waals surface area contributed by atoms with Gasteiger partial charge in [-0.2, -0.15) is 5.26 Å². The number of ether oxygens (including phenoxy) is 2. The maximum absolute atomic E-state index is 13.5. The zero-order chi connectivity index (χ0) is 32.7. The first-order valence-corrected chi connectivity index (χ1v) is 18.3. The maximum atomic E-state index is 13.5. The van der Waals surface area contributed by atoms with Gasteiger partial charge in [0.25, 0.3) is 0 Å². The average molecular weight is 685 g/mol. The number of aromatic nitrogens is 1. The van der Waals surface area contributed by atoms with E-state index in [0.717, 1.165) is 19.3 Å². The van der Waals surface area contributed by atoms with Crippen LogP contribution in [0.2, 0.25) is 5.02 Å².